The van der Waals surface area contributed by atoms with Crippen LogP contribution in [-0.4, -0.2) is 16.7 Å². The summed E-state index contributed by atoms with van der Waals surface area (Å²) in [6, 6.07) is 14.5. The Hall–Kier alpha value is -2.78. The molecule has 0 fully saturated rings. The molecule has 4 rings (SSSR count). The number of fused-ring (bicyclic) bond motifs is 3. The van der Waals surface area contributed by atoms with E-state index in [0.29, 0.717) is 5.71 Å². The fourth-order valence-corrected chi connectivity index (χ4v) is 3.38. The van der Waals surface area contributed by atoms with Gasteiger partial charge in [-0.3, -0.25) is 4.79 Å². The normalized spacial score (nSPS) is 20.7. The van der Waals surface area contributed by atoms with Crippen LogP contribution in [0.25, 0.3) is 11.1 Å². The summed E-state index contributed by atoms with van der Waals surface area (Å²) in [7, 11) is 0. The van der Waals surface area contributed by atoms with E-state index in [9.17, 15) is 9.90 Å². The number of rotatable bonds is 1. The van der Waals surface area contributed by atoms with Gasteiger partial charge in [0.1, 0.15) is 5.60 Å². The number of hydrogen-bond donors (Lipinski definition) is 1. The highest BCUT2D eigenvalue weighted by Gasteiger charge is 2.27. The first kappa shape index (κ1) is 14.8. The Balaban J connectivity index is 1.69. The van der Waals surface area contributed by atoms with E-state index in [-0.39, 0.29) is 5.91 Å². The summed E-state index contributed by atoms with van der Waals surface area (Å²) in [5, 5.41) is 10.9. The molecule has 0 saturated carbocycles. The molecule has 1 N–H and O–H groups in total. The van der Waals surface area contributed by atoms with Crippen molar-refractivity contribution in [3.05, 3.63) is 83.5 Å². The predicted octanol–water partition coefficient (Wildman–Crippen LogP) is 3.56. The fourth-order valence-electron chi connectivity index (χ4n) is 3.38. The van der Waals surface area contributed by atoms with E-state index in [2.05, 4.69) is 41.4 Å². The second kappa shape index (κ2) is 5.39. The second-order valence-electron chi connectivity index (χ2n) is 6.25. The topological polar surface area (TPSA) is 49.7 Å². The third kappa shape index (κ3) is 2.43. The molecule has 24 heavy (non-hydrogen) atoms. The number of hydrogen-bond acceptors (Lipinski definition) is 2. The number of aliphatic imine (C=N–C) groups is 1. The van der Waals surface area contributed by atoms with Gasteiger partial charge in [0.15, 0.2) is 0 Å². The van der Waals surface area contributed by atoms with Crippen molar-refractivity contribution in [1.82, 2.24) is 0 Å². The maximum atomic E-state index is 11.1. The maximum absolute atomic E-state index is 11.1. The number of amides is 1. The van der Waals surface area contributed by atoms with Gasteiger partial charge in [-0.05, 0) is 58.5 Å². The Morgan fingerprint density at radius 3 is 2.50 bits per heavy atom. The monoisotopic (exact) mass is 315 g/mol. The molecule has 118 valence electrons. The average molecular weight is 315 g/mol. The molecule has 0 aromatic heterocycles. The number of benzene rings is 2. The lowest BCUT2D eigenvalue weighted by Gasteiger charge is -2.24. The van der Waals surface area contributed by atoms with Crippen molar-refractivity contribution >= 4 is 11.6 Å². The summed E-state index contributed by atoms with van der Waals surface area (Å²) in [6.45, 7) is 1.41. The summed E-state index contributed by atoms with van der Waals surface area (Å²) in [6.07, 6.45) is 7.61. The van der Waals surface area contributed by atoms with Crippen molar-refractivity contribution in [3.63, 3.8) is 0 Å². The quantitative estimate of drug-likeness (QED) is 0.746. The Labute approximate surface area is 140 Å². The van der Waals surface area contributed by atoms with Gasteiger partial charge in [0, 0.05) is 6.92 Å². The lowest BCUT2D eigenvalue weighted by molar-refractivity contribution is -0.115. The molecule has 0 bridgehead atoms. The number of carbonyl (C=O) groups is 1. The first-order chi connectivity index (χ1) is 11.5. The van der Waals surface area contributed by atoms with Crippen LogP contribution in [-0.2, 0) is 16.8 Å². The van der Waals surface area contributed by atoms with Crippen molar-refractivity contribution in [2.75, 3.05) is 0 Å². The molecule has 0 saturated heterocycles. The first-order valence-corrected chi connectivity index (χ1v) is 7.97. The highest BCUT2D eigenvalue weighted by Crippen LogP contribution is 2.39. The van der Waals surface area contributed by atoms with Crippen LogP contribution in [0.1, 0.15) is 23.6 Å². The minimum Gasteiger partial charge on any atom is -0.377 e. The molecule has 2 aromatic carbocycles. The van der Waals surface area contributed by atoms with Crippen molar-refractivity contribution < 1.29 is 9.90 Å². The smallest absolute Gasteiger partial charge is 0.243 e. The summed E-state index contributed by atoms with van der Waals surface area (Å²) in [5.41, 5.74) is 5.27. The zero-order valence-electron chi connectivity index (χ0n) is 13.4. The van der Waals surface area contributed by atoms with Crippen LogP contribution in [0.15, 0.2) is 71.8 Å². The van der Waals surface area contributed by atoms with Gasteiger partial charge in [-0.15, -0.1) is 0 Å². The van der Waals surface area contributed by atoms with Crippen molar-refractivity contribution in [3.8, 4) is 11.1 Å². The SMILES string of the molecule is CC(=O)N=C1C=CC(O)(c2ccc3c(c2)Cc2ccccc2-3)C=C1. The highest BCUT2D eigenvalue weighted by atomic mass is 16.3. The van der Waals surface area contributed by atoms with Crippen molar-refractivity contribution in [2.45, 2.75) is 18.9 Å². The van der Waals surface area contributed by atoms with Gasteiger partial charge < -0.3 is 5.11 Å². The van der Waals surface area contributed by atoms with Crippen LogP contribution < -0.4 is 0 Å². The van der Waals surface area contributed by atoms with Gasteiger partial charge >= 0.3 is 0 Å². The Morgan fingerprint density at radius 1 is 1.04 bits per heavy atom. The van der Waals surface area contributed by atoms with Gasteiger partial charge in [-0.2, -0.15) is 0 Å². The van der Waals surface area contributed by atoms with E-state index >= 15 is 0 Å². The summed E-state index contributed by atoms with van der Waals surface area (Å²) >= 11 is 0. The molecule has 3 heteroatoms. The van der Waals surface area contributed by atoms with Crippen LogP contribution in [0.5, 0.6) is 0 Å². The number of nitrogens with zero attached hydrogens (tertiary/aromatic N) is 1. The standard InChI is InChI=1S/C21H17NO2/c1-14(23)22-18-8-10-21(24,11-9-18)17-6-7-20-16(13-17)12-15-4-2-3-5-19(15)20/h2-11,13,24H,12H2,1H3. The molecule has 0 atom stereocenters. The molecule has 0 aliphatic heterocycles. The van der Waals surface area contributed by atoms with Crippen LogP contribution in [0.2, 0.25) is 0 Å². The predicted molar refractivity (Wildman–Crippen MR) is 95.0 cm³/mol. The minimum atomic E-state index is -1.17. The number of carbonyl (C=O) groups excluding carboxylic acids is 1. The van der Waals surface area contributed by atoms with Gasteiger partial charge in [-0.1, -0.05) is 42.5 Å². The van der Waals surface area contributed by atoms with E-state index in [1.807, 2.05) is 6.07 Å². The lowest BCUT2D eigenvalue weighted by Crippen LogP contribution is -2.23. The molecular weight excluding hydrogens is 298 g/mol. The van der Waals surface area contributed by atoms with Crippen LogP contribution in [0.3, 0.4) is 0 Å². The molecule has 2 aromatic rings. The van der Waals surface area contributed by atoms with Gasteiger partial charge in [0.25, 0.3) is 0 Å². The van der Waals surface area contributed by atoms with E-state index in [1.165, 1.54) is 29.2 Å². The van der Waals surface area contributed by atoms with E-state index < -0.39 is 5.60 Å². The number of aliphatic hydroxyl groups is 1. The van der Waals surface area contributed by atoms with Crippen molar-refractivity contribution in [2.24, 2.45) is 4.99 Å². The Morgan fingerprint density at radius 2 is 1.75 bits per heavy atom. The Bertz CT molecular complexity index is 919. The van der Waals surface area contributed by atoms with E-state index in [4.69, 9.17) is 0 Å². The lowest BCUT2D eigenvalue weighted by atomic mass is 9.87. The molecule has 0 radical (unpaired) electrons. The summed E-state index contributed by atoms with van der Waals surface area (Å²) in [5.74, 6) is -0.250. The van der Waals surface area contributed by atoms with Crippen LogP contribution >= 0.6 is 0 Å². The van der Waals surface area contributed by atoms with Gasteiger partial charge in [0.05, 0.1) is 5.71 Å². The molecular formula is C21H17NO2. The molecule has 1 amide bonds. The van der Waals surface area contributed by atoms with Gasteiger partial charge in [0.2, 0.25) is 5.91 Å². The first-order valence-electron chi connectivity index (χ1n) is 7.97. The average Bonchev–Trinajstić information content (AvgIpc) is 2.94. The van der Waals surface area contributed by atoms with E-state index in [1.54, 1.807) is 24.3 Å². The largest absolute Gasteiger partial charge is 0.377 e. The summed E-state index contributed by atoms with van der Waals surface area (Å²) < 4.78 is 0. The molecule has 0 spiro atoms. The molecule has 0 unspecified atom stereocenters. The third-order valence-electron chi connectivity index (χ3n) is 4.56. The second-order valence-corrected chi connectivity index (χ2v) is 6.25. The van der Waals surface area contributed by atoms with E-state index in [0.717, 1.165) is 12.0 Å². The minimum absolute atomic E-state index is 0.250. The molecule has 2 aliphatic rings. The summed E-state index contributed by atoms with van der Waals surface area (Å²) in [4.78, 5) is 14.9. The zero-order chi connectivity index (χ0) is 16.7. The zero-order valence-corrected chi connectivity index (χ0v) is 13.4. The van der Waals surface area contributed by atoms with Crippen LogP contribution in [0, 0.1) is 0 Å². The van der Waals surface area contributed by atoms with Gasteiger partial charge in [-0.25, -0.2) is 4.99 Å². The molecule has 0 heterocycles. The molecule has 3 nitrogen and oxygen atoms in total. The van der Waals surface area contributed by atoms with Crippen molar-refractivity contribution in [1.29, 1.82) is 0 Å². The van der Waals surface area contributed by atoms with Crippen LogP contribution in [0.4, 0.5) is 0 Å². The Kier molecular flexibility index (Phi) is 3.32. The fraction of sp³-hybridized carbons (Fsp3) is 0.143. The maximum Gasteiger partial charge on any atom is 0.243 e. The third-order valence-corrected chi connectivity index (χ3v) is 4.56. The molecule has 2 aliphatic carbocycles. The number of allylic oxidation sites excluding steroid dienone is 2. The highest BCUT2D eigenvalue weighted by molar-refractivity contribution is 6.10.